The van der Waals surface area contributed by atoms with Gasteiger partial charge in [-0.1, -0.05) is 23.2 Å². The van der Waals surface area contributed by atoms with Gasteiger partial charge in [-0.2, -0.15) is 0 Å². The van der Waals surface area contributed by atoms with Crippen molar-refractivity contribution < 1.29 is 0 Å². The molecular weight excluding hydrogens is 401 g/mol. The number of nitrogens with one attached hydrogen (secondary N) is 1. The number of fused-ring (bicyclic) bond motifs is 10. The van der Waals surface area contributed by atoms with Gasteiger partial charge in [-0.3, -0.25) is 0 Å². The lowest BCUT2D eigenvalue weighted by molar-refractivity contribution is 0.464. The van der Waals surface area contributed by atoms with Gasteiger partial charge in [0.15, 0.2) is 0 Å². The zero-order valence-corrected chi connectivity index (χ0v) is 18.3. The Labute approximate surface area is 179 Å². The molecule has 29 heavy (non-hydrogen) atoms. The van der Waals surface area contributed by atoms with Crippen molar-refractivity contribution in [3.05, 3.63) is 75.2 Å². The summed E-state index contributed by atoms with van der Waals surface area (Å²) in [6.07, 6.45) is 2.30. The Kier molecular flexibility index (Phi) is 3.26. The lowest BCUT2D eigenvalue weighted by Crippen LogP contribution is -2.37. The number of hydrogen-bond acceptors (Lipinski definition) is 1. The molecule has 1 aliphatic heterocycles. The number of anilines is 1. The van der Waals surface area contributed by atoms with E-state index in [1.165, 1.54) is 44.7 Å². The van der Waals surface area contributed by atoms with Crippen LogP contribution in [0.15, 0.2) is 42.6 Å². The Morgan fingerprint density at radius 3 is 2.48 bits per heavy atom. The van der Waals surface area contributed by atoms with Crippen molar-refractivity contribution in [3.8, 4) is 11.1 Å². The van der Waals surface area contributed by atoms with Crippen LogP contribution in [0, 0.1) is 6.92 Å². The van der Waals surface area contributed by atoms with Crippen molar-refractivity contribution in [2.45, 2.75) is 25.3 Å². The van der Waals surface area contributed by atoms with Gasteiger partial charge in [0.05, 0.1) is 6.04 Å². The van der Waals surface area contributed by atoms with Gasteiger partial charge in [-0.15, -0.1) is 0 Å². The van der Waals surface area contributed by atoms with Crippen molar-refractivity contribution in [1.29, 1.82) is 0 Å². The van der Waals surface area contributed by atoms with E-state index in [1.54, 1.807) is 0 Å². The van der Waals surface area contributed by atoms with Crippen LogP contribution in [0.4, 0.5) is 5.69 Å². The summed E-state index contributed by atoms with van der Waals surface area (Å²) in [6, 6.07) is 12.6. The maximum Gasteiger partial charge on any atom is 0.0831 e. The molecule has 0 spiro atoms. The summed E-state index contributed by atoms with van der Waals surface area (Å²) in [5, 5.41) is 2.73. The van der Waals surface area contributed by atoms with Gasteiger partial charge in [-0.25, -0.2) is 0 Å². The van der Waals surface area contributed by atoms with Gasteiger partial charge in [0.2, 0.25) is 0 Å². The first-order chi connectivity index (χ1) is 13.8. The molecule has 4 aromatic rings. The molecular formula is C24H21Cl2N3. The first kappa shape index (κ1) is 17.5. The van der Waals surface area contributed by atoms with E-state index in [4.69, 9.17) is 23.2 Å². The van der Waals surface area contributed by atoms with Crippen molar-refractivity contribution >= 4 is 39.8 Å². The zero-order valence-electron chi connectivity index (χ0n) is 16.8. The van der Waals surface area contributed by atoms with Gasteiger partial charge in [0, 0.05) is 74.9 Å². The highest BCUT2D eigenvalue weighted by Crippen LogP contribution is 2.63. The molecule has 1 aliphatic carbocycles. The second-order valence-electron chi connectivity index (χ2n) is 8.59. The summed E-state index contributed by atoms with van der Waals surface area (Å²) < 4.78 is 2.24. The Hall–Kier alpha value is -2.36. The molecule has 5 heteroatoms. The molecule has 0 bridgehead atoms. The summed E-state index contributed by atoms with van der Waals surface area (Å²) in [7, 11) is 4.32. The molecule has 3 nitrogen and oxygen atoms in total. The summed E-state index contributed by atoms with van der Waals surface area (Å²) in [4.78, 5) is 6.15. The number of likely N-dealkylation sites (N-methyl/N-ethyl adjacent to an activating group) is 1. The largest absolute Gasteiger partial charge is 0.365 e. The van der Waals surface area contributed by atoms with Crippen LogP contribution in [-0.4, -0.2) is 16.6 Å². The summed E-state index contributed by atoms with van der Waals surface area (Å²) in [5.41, 5.74) is 9.91. The van der Waals surface area contributed by atoms with Gasteiger partial charge < -0.3 is 14.5 Å². The predicted molar refractivity (Wildman–Crippen MR) is 122 cm³/mol. The van der Waals surface area contributed by atoms with Crippen LogP contribution < -0.4 is 4.90 Å². The van der Waals surface area contributed by atoms with E-state index in [9.17, 15) is 0 Å². The third-order valence-corrected chi connectivity index (χ3v) is 7.66. The number of aryl methyl sites for hydroxylation is 1. The highest BCUT2D eigenvalue weighted by atomic mass is 35.5. The van der Waals surface area contributed by atoms with Crippen LogP contribution in [0.5, 0.6) is 0 Å². The summed E-state index contributed by atoms with van der Waals surface area (Å²) >= 11 is 12.9. The number of nitrogens with zero attached hydrogens (tertiary/aromatic N) is 2. The highest BCUT2D eigenvalue weighted by molar-refractivity contribution is 6.31. The SMILES string of the molecule is Cc1c2c(cn1C)[C@@]1(C)c3cc(Cl)ccc3N(C)[C@@H]1c1[nH]c3ccc(Cl)cc3c1-2. The second-order valence-corrected chi connectivity index (χ2v) is 9.47. The molecule has 0 radical (unpaired) electrons. The molecule has 3 heterocycles. The van der Waals surface area contributed by atoms with Crippen LogP contribution >= 0.6 is 23.2 Å². The number of aromatic amines is 1. The van der Waals surface area contributed by atoms with Crippen LogP contribution in [-0.2, 0) is 12.5 Å². The van der Waals surface area contributed by atoms with Crippen LogP contribution in [0.1, 0.15) is 35.5 Å². The molecule has 6 rings (SSSR count). The van der Waals surface area contributed by atoms with E-state index in [2.05, 4.69) is 72.9 Å². The topological polar surface area (TPSA) is 24.0 Å². The second kappa shape index (κ2) is 5.41. The van der Waals surface area contributed by atoms with E-state index in [0.29, 0.717) is 0 Å². The molecule has 2 aromatic carbocycles. The zero-order chi connectivity index (χ0) is 20.2. The lowest BCUT2D eigenvalue weighted by Gasteiger charge is -2.39. The minimum atomic E-state index is -0.200. The number of hydrogen-bond donors (Lipinski definition) is 1. The molecule has 1 N–H and O–H groups in total. The van der Waals surface area contributed by atoms with Gasteiger partial charge in [0.1, 0.15) is 0 Å². The Morgan fingerprint density at radius 1 is 0.966 bits per heavy atom. The molecule has 2 aromatic heterocycles. The molecule has 0 unspecified atom stereocenters. The number of halogens is 2. The number of benzene rings is 2. The fourth-order valence-corrected chi connectivity index (χ4v) is 6.12. The number of rotatable bonds is 0. The quantitative estimate of drug-likeness (QED) is 0.339. The fourth-order valence-electron chi connectivity index (χ4n) is 5.78. The first-order valence-electron chi connectivity index (χ1n) is 9.83. The molecule has 2 atom stereocenters. The van der Waals surface area contributed by atoms with Gasteiger partial charge >= 0.3 is 0 Å². The summed E-state index contributed by atoms with van der Waals surface area (Å²) in [6.45, 7) is 4.56. The monoisotopic (exact) mass is 421 g/mol. The van der Waals surface area contributed by atoms with Gasteiger partial charge in [0.25, 0.3) is 0 Å². The number of aromatic nitrogens is 2. The third-order valence-electron chi connectivity index (χ3n) is 7.19. The fraction of sp³-hybridized carbons (Fsp3) is 0.250. The first-order valence-corrected chi connectivity index (χ1v) is 10.6. The van der Waals surface area contributed by atoms with Gasteiger partial charge in [-0.05, 0) is 61.4 Å². The average molecular weight is 422 g/mol. The standard InChI is InChI=1S/C24H21Cl2N3/c1-12-20-17(11-28(12)3)24(2)16-10-14(26)6-8-19(16)29(4)23(24)22-21(20)15-9-13(25)5-7-18(15)27-22/h5-11,23,27H,1-4H3/t23-,24-/m1/s1. The maximum absolute atomic E-state index is 6.46. The maximum atomic E-state index is 6.46. The van der Waals surface area contributed by atoms with Crippen LogP contribution in [0.2, 0.25) is 10.0 Å². The van der Waals surface area contributed by atoms with Crippen LogP contribution in [0.25, 0.3) is 22.0 Å². The van der Waals surface area contributed by atoms with Crippen LogP contribution in [0.3, 0.4) is 0 Å². The molecule has 0 saturated heterocycles. The summed E-state index contributed by atoms with van der Waals surface area (Å²) in [5.74, 6) is 0. The Balaban J connectivity index is 1.80. The van der Waals surface area contributed by atoms with E-state index < -0.39 is 0 Å². The Bertz CT molecular complexity index is 1350. The normalized spacial score (nSPS) is 21.9. The predicted octanol–water partition coefficient (Wildman–Crippen LogP) is 6.60. The smallest absolute Gasteiger partial charge is 0.0831 e. The molecule has 146 valence electrons. The molecule has 0 amide bonds. The average Bonchev–Trinajstić information content (AvgIpc) is 3.26. The van der Waals surface area contributed by atoms with E-state index in [0.717, 1.165) is 15.6 Å². The van der Waals surface area contributed by atoms with Crippen molar-refractivity contribution in [2.24, 2.45) is 7.05 Å². The van der Waals surface area contributed by atoms with E-state index in [1.807, 2.05) is 12.1 Å². The third kappa shape index (κ3) is 1.95. The highest BCUT2D eigenvalue weighted by Gasteiger charge is 2.54. The molecule has 0 fully saturated rings. The lowest BCUT2D eigenvalue weighted by atomic mass is 9.66. The Morgan fingerprint density at radius 2 is 1.69 bits per heavy atom. The van der Waals surface area contributed by atoms with Crippen molar-refractivity contribution in [1.82, 2.24) is 9.55 Å². The minimum absolute atomic E-state index is 0.159. The molecule has 2 aliphatic rings. The van der Waals surface area contributed by atoms with E-state index >= 15 is 0 Å². The van der Waals surface area contributed by atoms with E-state index in [-0.39, 0.29) is 11.5 Å². The molecule has 0 saturated carbocycles. The van der Waals surface area contributed by atoms with Crippen molar-refractivity contribution in [2.75, 3.05) is 11.9 Å². The minimum Gasteiger partial charge on any atom is -0.365 e. The number of H-pyrrole nitrogens is 1. The van der Waals surface area contributed by atoms with Crippen molar-refractivity contribution in [3.63, 3.8) is 0 Å².